The van der Waals surface area contributed by atoms with Crippen LogP contribution in [-0.2, 0) is 11.2 Å². The molecule has 0 spiro atoms. The molecular weight excluding hydrogens is 204 g/mol. The molecule has 0 unspecified atom stereocenters. The first-order valence-electron chi connectivity index (χ1n) is 5.43. The first-order valence-corrected chi connectivity index (χ1v) is 5.43. The molecule has 1 aliphatic rings. The molecule has 0 saturated carbocycles. The number of hydrogen-bond donors (Lipinski definition) is 2. The van der Waals surface area contributed by atoms with E-state index in [1.165, 1.54) is 0 Å². The van der Waals surface area contributed by atoms with Crippen LogP contribution < -0.4 is 15.4 Å². The highest BCUT2D eigenvalue weighted by atomic mass is 16.5. The van der Waals surface area contributed by atoms with Crippen molar-refractivity contribution in [1.29, 1.82) is 0 Å². The van der Waals surface area contributed by atoms with Crippen molar-refractivity contribution in [2.24, 2.45) is 0 Å². The van der Waals surface area contributed by atoms with Crippen LogP contribution >= 0.6 is 0 Å². The van der Waals surface area contributed by atoms with Gasteiger partial charge < -0.3 is 15.4 Å². The molecule has 2 rings (SSSR count). The number of carbonyl (C=O) groups is 1. The SMILES string of the molecule is COc1ccc(C[C@H]2NCCNC2=O)cc1. The number of ether oxygens (including phenoxy) is 1. The van der Waals surface area contributed by atoms with Gasteiger partial charge in [0.25, 0.3) is 0 Å². The number of methoxy groups -OCH3 is 1. The van der Waals surface area contributed by atoms with Gasteiger partial charge in [0.2, 0.25) is 5.91 Å². The maximum atomic E-state index is 11.5. The molecule has 1 aromatic rings. The number of rotatable bonds is 3. The minimum absolute atomic E-state index is 0.0852. The van der Waals surface area contributed by atoms with Gasteiger partial charge >= 0.3 is 0 Å². The van der Waals surface area contributed by atoms with Crippen molar-refractivity contribution in [2.45, 2.75) is 12.5 Å². The predicted octanol–water partition coefficient (Wildman–Crippen LogP) is 0.326. The summed E-state index contributed by atoms with van der Waals surface area (Å²) in [6.07, 6.45) is 0.718. The van der Waals surface area contributed by atoms with Crippen LogP contribution in [0.3, 0.4) is 0 Å². The molecule has 1 heterocycles. The van der Waals surface area contributed by atoms with Crippen molar-refractivity contribution in [3.05, 3.63) is 29.8 Å². The van der Waals surface area contributed by atoms with Crippen molar-refractivity contribution in [3.63, 3.8) is 0 Å². The van der Waals surface area contributed by atoms with E-state index in [0.29, 0.717) is 0 Å². The fourth-order valence-electron chi connectivity index (χ4n) is 1.81. The first-order chi connectivity index (χ1) is 7.79. The molecule has 1 aromatic carbocycles. The Balaban J connectivity index is 1.99. The van der Waals surface area contributed by atoms with Gasteiger partial charge in [-0.2, -0.15) is 0 Å². The third-order valence-corrected chi connectivity index (χ3v) is 2.73. The van der Waals surface area contributed by atoms with Crippen molar-refractivity contribution < 1.29 is 9.53 Å². The van der Waals surface area contributed by atoms with E-state index in [2.05, 4.69) is 10.6 Å². The molecule has 16 heavy (non-hydrogen) atoms. The largest absolute Gasteiger partial charge is 0.497 e. The second-order valence-corrected chi connectivity index (χ2v) is 3.85. The smallest absolute Gasteiger partial charge is 0.237 e. The minimum atomic E-state index is -0.109. The molecule has 0 aliphatic carbocycles. The fourth-order valence-corrected chi connectivity index (χ4v) is 1.81. The first kappa shape index (κ1) is 11.0. The molecule has 1 fully saturated rings. The Bertz CT molecular complexity index is 362. The average molecular weight is 220 g/mol. The molecule has 1 saturated heterocycles. The maximum absolute atomic E-state index is 11.5. The van der Waals surface area contributed by atoms with Crippen LogP contribution in [0.1, 0.15) is 5.56 Å². The Kier molecular flexibility index (Phi) is 3.41. The standard InChI is InChI=1S/C12H16N2O2/c1-16-10-4-2-9(3-5-10)8-11-12(15)14-7-6-13-11/h2-5,11,13H,6-8H2,1H3,(H,14,15)/t11-/m1/s1. The molecular formula is C12H16N2O2. The highest BCUT2D eigenvalue weighted by Crippen LogP contribution is 2.13. The van der Waals surface area contributed by atoms with E-state index < -0.39 is 0 Å². The zero-order valence-electron chi connectivity index (χ0n) is 9.32. The molecule has 1 aliphatic heterocycles. The lowest BCUT2D eigenvalue weighted by Gasteiger charge is -2.23. The van der Waals surface area contributed by atoms with Gasteiger partial charge in [0.05, 0.1) is 13.2 Å². The lowest BCUT2D eigenvalue weighted by Crippen LogP contribution is -2.53. The van der Waals surface area contributed by atoms with Crippen molar-refractivity contribution >= 4 is 5.91 Å². The van der Waals surface area contributed by atoms with Gasteiger partial charge in [-0.05, 0) is 24.1 Å². The summed E-state index contributed by atoms with van der Waals surface area (Å²) in [6.45, 7) is 1.56. The molecule has 4 heteroatoms. The Morgan fingerprint density at radius 1 is 1.31 bits per heavy atom. The van der Waals surface area contributed by atoms with Crippen LogP contribution in [0, 0.1) is 0 Å². The second-order valence-electron chi connectivity index (χ2n) is 3.85. The van der Waals surface area contributed by atoms with E-state index in [-0.39, 0.29) is 11.9 Å². The molecule has 1 amide bonds. The zero-order valence-corrected chi connectivity index (χ0v) is 9.32. The van der Waals surface area contributed by atoms with Crippen molar-refractivity contribution in [2.75, 3.05) is 20.2 Å². The van der Waals surface area contributed by atoms with Crippen LogP contribution in [0.2, 0.25) is 0 Å². The number of benzene rings is 1. The van der Waals surface area contributed by atoms with Gasteiger partial charge in [0.1, 0.15) is 5.75 Å². The van der Waals surface area contributed by atoms with Crippen LogP contribution in [-0.4, -0.2) is 32.1 Å². The lowest BCUT2D eigenvalue weighted by molar-refractivity contribution is -0.124. The normalized spacial score (nSPS) is 20.3. The van der Waals surface area contributed by atoms with Crippen LogP contribution in [0.25, 0.3) is 0 Å². The zero-order chi connectivity index (χ0) is 11.4. The molecule has 86 valence electrons. The van der Waals surface area contributed by atoms with Gasteiger partial charge in [-0.1, -0.05) is 12.1 Å². The van der Waals surface area contributed by atoms with E-state index in [9.17, 15) is 4.79 Å². The van der Waals surface area contributed by atoms with Crippen LogP contribution in [0.5, 0.6) is 5.75 Å². The number of hydrogen-bond acceptors (Lipinski definition) is 3. The summed E-state index contributed by atoms with van der Waals surface area (Å²) in [5, 5.41) is 6.05. The summed E-state index contributed by atoms with van der Waals surface area (Å²) in [5.74, 6) is 0.923. The number of carbonyl (C=O) groups excluding carboxylic acids is 1. The van der Waals surface area contributed by atoms with Crippen LogP contribution in [0.15, 0.2) is 24.3 Å². The quantitative estimate of drug-likeness (QED) is 0.771. The summed E-state index contributed by atoms with van der Waals surface area (Å²) in [6, 6.07) is 7.69. The predicted molar refractivity (Wildman–Crippen MR) is 61.5 cm³/mol. The fraction of sp³-hybridized carbons (Fsp3) is 0.417. The Labute approximate surface area is 95.0 Å². The Hall–Kier alpha value is -1.55. The molecule has 0 bridgehead atoms. The van der Waals surface area contributed by atoms with E-state index >= 15 is 0 Å². The highest BCUT2D eigenvalue weighted by molar-refractivity contribution is 5.82. The maximum Gasteiger partial charge on any atom is 0.237 e. The summed E-state index contributed by atoms with van der Waals surface area (Å²) in [7, 11) is 1.64. The third kappa shape index (κ3) is 2.52. The van der Waals surface area contributed by atoms with Crippen molar-refractivity contribution in [1.82, 2.24) is 10.6 Å². The van der Waals surface area contributed by atoms with Gasteiger partial charge in [0.15, 0.2) is 0 Å². The highest BCUT2D eigenvalue weighted by Gasteiger charge is 2.21. The van der Waals surface area contributed by atoms with E-state index in [0.717, 1.165) is 30.8 Å². The van der Waals surface area contributed by atoms with Gasteiger partial charge in [-0.3, -0.25) is 4.79 Å². The second kappa shape index (κ2) is 4.99. The topological polar surface area (TPSA) is 50.4 Å². The monoisotopic (exact) mass is 220 g/mol. The summed E-state index contributed by atoms with van der Waals surface area (Å²) in [4.78, 5) is 11.5. The van der Waals surface area contributed by atoms with Gasteiger partial charge in [0, 0.05) is 13.1 Å². The van der Waals surface area contributed by atoms with Crippen LogP contribution in [0.4, 0.5) is 0 Å². The van der Waals surface area contributed by atoms with E-state index in [1.54, 1.807) is 7.11 Å². The summed E-state index contributed by atoms with van der Waals surface area (Å²) in [5.41, 5.74) is 1.13. The number of nitrogens with one attached hydrogen (secondary N) is 2. The third-order valence-electron chi connectivity index (χ3n) is 2.73. The van der Waals surface area contributed by atoms with E-state index in [1.807, 2.05) is 24.3 Å². The van der Waals surface area contributed by atoms with Gasteiger partial charge in [-0.25, -0.2) is 0 Å². The molecule has 0 radical (unpaired) electrons. The van der Waals surface area contributed by atoms with Crippen molar-refractivity contribution in [3.8, 4) is 5.75 Å². The number of piperazine rings is 1. The molecule has 4 nitrogen and oxygen atoms in total. The minimum Gasteiger partial charge on any atom is -0.497 e. The lowest BCUT2D eigenvalue weighted by atomic mass is 10.0. The van der Waals surface area contributed by atoms with E-state index in [4.69, 9.17) is 4.74 Å². The van der Waals surface area contributed by atoms with Gasteiger partial charge in [-0.15, -0.1) is 0 Å². The molecule has 2 N–H and O–H groups in total. The Morgan fingerprint density at radius 2 is 2.06 bits per heavy atom. The Morgan fingerprint density at radius 3 is 2.69 bits per heavy atom. The summed E-state index contributed by atoms with van der Waals surface area (Å²) < 4.78 is 5.09. The summed E-state index contributed by atoms with van der Waals surface area (Å²) >= 11 is 0. The molecule has 0 aromatic heterocycles. The number of amides is 1. The molecule has 1 atom stereocenters. The average Bonchev–Trinajstić information content (AvgIpc) is 2.33.